The Morgan fingerprint density at radius 1 is 1.15 bits per heavy atom. The van der Waals surface area contributed by atoms with Crippen LogP contribution in [-0.4, -0.2) is 61.7 Å². The van der Waals surface area contributed by atoms with Crippen molar-refractivity contribution in [2.45, 2.75) is 31.8 Å². The second-order valence-corrected chi connectivity index (χ2v) is 7.31. The van der Waals surface area contributed by atoms with E-state index in [2.05, 4.69) is 40.0 Å². The second kappa shape index (κ2) is 9.72. The number of pyridine rings is 1. The Hall–Kier alpha value is -2.11. The maximum absolute atomic E-state index is 5.42. The molecule has 146 valence electrons. The Balaban J connectivity index is 1.52. The molecular weight excluding hydrogens is 338 g/mol. The van der Waals surface area contributed by atoms with E-state index < -0.39 is 0 Å². The Labute approximate surface area is 162 Å². The van der Waals surface area contributed by atoms with Crippen LogP contribution in [0.1, 0.15) is 24.0 Å². The zero-order chi connectivity index (χ0) is 19.1. The molecule has 0 spiro atoms. The molecule has 0 amide bonds. The molecule has 0 bridgehead atoms. The van der Waals surface area contributed by atoms with Crippen molar-refractivity contribution >= 4 is 0 Å². The van der Waals surface area contributed by atoms with Gasteiger partial charge >= 0.3 is 0 Å². The first kappa shape index (κ1) is 19.6. The van der Waals surface area contributed by atoms with Gasteiger partial charge in [-0.1, -0.05) is 12.1 Å². The van der Waals surface area contributed by atoms with Gasteiger partial charge in [0, 0.05) is 38.1 Å². The van der Waals surface area contributed by atoms with E-state index in [1.807, 2.05) is 24.5 Å². The molecule has 1 aromatic heterocycles. The molecule has 2 aromatic rings. The molecule has 0 N–H and O–H groups in total. The molecule has 27 heavy (non-hydrogen) atoms. The summed E-state index contributed by atoms with van der Waals surface area (Å²) in [5.41, 5.74) is 2.58. The third-order valence-corrected chi connectivity index (χ3v) is 5.43. The highest BCUT2D eigenvalue weighted by Gasteiger charge is 2.23. The molecule has 1 aliphatic rings. The maximum atomic E-state index is 5.42. The van der Waals surface area contributed by atoms with Gasteiger partial charge in [0.1, 0.15) is 0 Å². The smallest absolute Gasteiger partial charge is 0.160 e. The third kappa shape index (κ3) is 5.44. The molecule has 0 unspecified atom stereocenters. The fourth-order valence-corrected chi connectivity index (χ4v) is 3.81. The van der Waals surface area contributed by atoms with Crippen molar-refractivity contribution in [3.05, 3.63) is 53.9 Å². The summed E-state index contributed by atoms with van der Waals surface area (Å²) in [7, 11) is 5.61. The lowest BCUT2D eigenvalue weighted by Gasteiger charge is -2.37. The van der Waals surface area contributed by atoms with Crippen LogP contribution in [0.4, 0.5) is 0 Å². The fourth-order valence-electron chi connectivity index (χ4n) is 3.81. The summed E-state index contributed by atoms with van der Waals surface area (Å²) in [5, 5.41) is 0. The number of benzene rings is 1. The van der Waals surface area contributed by atoms with E-state index >= 15 is 0 Å². The van der Waals surface area contributed by atoms with Gasteiger partial charge in [0.25, 0.3) is 0 Å². The van der Waals surface area contributed by atoms with E-state index in [0.29, 0.717) is 6.04 Å². The number of likely N-dealkylation sites (N-methyl/N-ethyl adjacent to an activating group) is 1. The number of methoxy groups -OCH3 is 2. The maximum Gasteiger partial charge on any atom is 0.160 e. The van der Waals surface area contributed by atoms with E-state index in [1.165, 1.54) is 30.5 Å². The number of aromatic nitrogens is 1. The number of hydrogen-bond donors (Lipinski definition) is 0. The lowest BCUT2D eigenvalue weighted by atomic mass is 10.0. The number of likely N-dealkylation sites (tertiary alicyclic amines) is 1. The third-order valence-electron chi connectivity index (χ3n) is 5.43. The van der Waals surface area contributed by atoms with Gasteiger partial charge in [-0.15, -0.1) is 0 Å². The van der Waals surface area contributed by atoms with Crippen molar-refractivity contribution in [2.24, 2.45) is 0 Å². The standard InChI is InChI=1S/C22H31N3O2/c1-24(13-10-18-8-9-21(26-2)22(14-18)27-3)20-7-5-12-25(17-20)16-19-6-4-11-23-15-19/h4,6,8-9,11,14-15,20H,5,7,10,12-13,16-17H2,1-3H3/t20-/m1/s1. The largest absolute Gasteiger partial charge is 0.493 e. The van der Waals surface area contributed by atoms with Crippen LogP contribution in [0.25, 0.3) is 0 Å². The van der Waals surface area contributed by atoms with Crippen molar-refractivity contribution in [1.82, 2.24) is 14.8 Å². The number of rotatable bonds is 8. The zero-order valence-electron chi connectivity index (χ0n) is 16.7. The summed E-state index contributed by atoms with van der Waals surface area (Å²) in [4.78, 5) is 9.30. The monoisotopic (exact) mass is 369 g/mol. The fraction of sp³-hybridized carbons (Fsp3) is 0.500. The Morgan fingerprint density at radius 3 is 2.74 bits per heavy atom. The summed E-state index contributed by atoms with van der Waals surface area (Å²) in [6, 6.07) is 11.0. The first-order valence-corrected chi connectivity index (χ1v) is 9.72. The van der Waals surface area contributed by atoms with E-state index in [-0.39, 0.29) is 0 Å². The minimum absolute atomic E-state index is 0.607. The molecule has 0 saturated carbocycles. The van der Waals surface area contributed by atoms with Gasteiger partial charge in [0.2, 0.25) is 0 Å². The molecule has 1 saturated heterocycles. The molecule has 0 aliphatic carbocycles. The van der Waals surface area contributed by atoms with Crippen LogP contribution in [0.2, 0.25) is 0 Å². The predicted molar refractivity (Wildman–Crippen MR) is 108 cm³/mol. The molecule has 2 heterocycles. The molecule has 1 atom stereocenters. The van der Waals surface area contributed by atoms with Crippen LogP contribution in [0.15, 0.2) is 42.7 Å². The minimum Gasteiger partial charge on any atom is -0.493 e. The number of piperidine rings is 1. The van der Waals surface area contributed by atoms with Crippen molar-refractivity contribution in [3.63, 3.8) is 0 Å². The van der Waals surface area contributed by atoms with E-state index in [4.69, 9.17) is 9.47 Å². The van der Waals surface area contributed by atoms with Crippen LogP contribution in [0.3, 0.4) is 0 Å². The highest BCUT2D eigenvalue weighted by atomic mass is 16.5. The van der Waals surface area contributed by atoms with Crippen LogP contribution in [0.5, 0.6) is 11.5 Å². The van der Waals surface area contributed by atoms with Gasteiger partial charge < -0.3 is 14.4 Å². The molecular formula is C22H31N3O2. The average Bonchev–Trinajstić information content (AvgIpc) is 2.72. The van der Waals surface area contributed by atoms with Crippen LogP contribution < -0.4 is 9.47 Å². The molecule has 5 heteroatoms. The molecule has 1 aromatic carbocycles. The van der Waals surface area contributed by atoms with Gasteiger partial charge in [0.05, 0.1) is 14.2 Å². The van der Waals surface area contributed by atoms with Gasteiger partial charge in [-0.05, 0) is 62.2 Å². The number of hydrogen-bond acceptors (Lipinski definition) is 5. The van der Waals surface area contributed by atoms with Crippen LogP contribution in [-0.2, 0) is 13.0 Å². The topological polar surface area (TPSA) is 37.8 Å². The summed E-state index contributed by atoms with van der Waals surface area (Å²) < 4.78 is 10.7. The highest BCUT2D eigenvalue weighted by molar-refractivity contribution is 5.42. The van der Waals surface area contributed by atoms with Crippen molar-refractivity contribution in [3.8, 4) is 11.5 Å². The molecule has 1 aliphatic heterocycles. The predicted octanol–water partition coefficient (Wildman–Crippen LogP) is 3.24. The van der Waals surface area contributed by atoms with Gasteiger partial charge in [0.15, 0.2) is 11.5 Å². The minimum atomic E-state index is 0.607. The zero-order valence-corrected chi connectivity index (χ0v) is 16.7. The van der Waals surface area contributed by atoms with Crippen molar-refractivity contribution in [2.75, 3.05) is 40.9 Å². The molecule has 5 nitrogen and oxygen atoms in total. The average molecular weight is 370 g/mol. The van der Waals surface area contributed by atoms with Crippen LogP contribution >= 0.6 is 0 Å². The summed E-state index contributed by atoms with van der Waals surface area (Å²) in [6.45, 7) is 4.33. The summed E-state index contributed by atoms with van der Waals surface area (Å²) in [5.74, 6) is 1.59. The van der Waals surface area contributed by atoms with E-state index in [1.54, 1.807) is 14.2 Å². The molecule has 0 radical (unpaired) electrons. The number of nitrogens with zero attached hydrogens (tertiary/aromatic N) is 3. The van der Waals surface area contributed by atoms with Crippen molar-refractivity contribution < 1.29 is 9.47 Å². The second-order valence-electron chi connectivity index (χ2n) is 7.31. The first-order chi connectivity index (χ1) is 13.2. The number of ether oxygens (including phenoxy) is 2. The van der Waals surface area contributed by atoms with Crippen LogP contribution in [0, 0.1) is 0 Å². The first-order valence-electron chi connectivity index (χ1n) is 9.72. The lowest BCUT2D eigenvalue weighted by molar-refractivity contribution is 0.112. The summed E-state index contributed by atoms with van der Waals surface area (Å²) >= 11 is 0. The Morgan fingerprint density at radius 2 is 2.00 bits per heavy atom. The quantitative estimate of drug-likeness (QED) is 0.714. The van der Waals surface area contributed by atoms with Gasteiger partial charge in [-0.3, -0.25) is 9.88 Å². The SMILES string of the molecule is COc1ccc(CCN(C)[C@@H]2CCCN(Cc3cccnc3)C2)cc1OC. The van der Waals surface area contributed by atoms with Gasteiger partial charge in [-0.2, -0.15) is 0 Å². The van der Waals surface area contributed by atoms with Gasteiger partial charge in [-0.25, -0.2) is 0 Å². The van der Waals surface area contributed by atoms with E-state index in [9.17, 15) is 0 Å². The Bertz CT molecular complexity index is 708. The summed E-state index contributed by atoms with van der Waals surface area (Å²) in [6.07, 6.45) is 7.35. The molecule has 3 rings (SSSR count). The van der Waals surface area contributed by atoms with Crippen molar-refractivity contribution in [1.29, 1.82) is 0 Å². The lowest BCUT2D eigenvalue weighted by Crippen LogP contribution is -2.46. The highest BCUT2D eigenvalue weighted by Crippen LogP contribution is 2.28. The van der Waals surface area contributed by atoms with E-state index in [0.717, 1.165) is 37.6 Å². The Kier molecular flexibility index (Phi) is 7.07. The normalized spacial score (nSPS) is 17.9. The molecule has 1 fully saturated rings.